The van der Waals surface area contributed by atoms with E-state index in [0.29, 0.717) is 11.3 Å². The minimum absolute atomic E-state index is 0.160. The van der Waals surface area contributed by atoms with Crippen molar-refractivity contribution in [3.63, 3.8) is 0 Å². The minimum atomic E-state index is -0.187. The van der Waals surface area contributed by atoms with E-state index in [9.17, 15) is 9.59 Å². The van der Waals surface area contributed by atoms with E-state index < -0.39 is 0 Å². The minimum Gasteiger partial charge on any atom is -0.352 e. The molecule has 0 saturated heterocycles. The molecule has 132 valence electrons. The first-order chi connectivity index (χ1) is 12.5. The van der Waals surface area contributed by atoms with E-state index in [1.807, 2.05) is 48.5 Å². The Balaban J connectivity index is 1.53. The van der Waals surface area contributed by atoms with Crippen molar-refractivity contribution in [1.29, 1.82) is 0 Å². The zero-order chi connectivity index (χ0) is 18.5. The third-order valence-corrected chi connectivity index (χ3v) is 5.00. The Bertz CT molecular complexity index is 973. The zero-order valence-corrected chi connectivity index (χ0v) is 16.9. The molecule has 6 heteroatoms. The highest BCUT2D eigenvalue weighted by molar-refractivity contribution is 9.11. The summed E-state index contributed by atoms with van der Waals surface area (Å²) < 4.78 is 1.71. The van der Waals surface area contributed by atoms with E-state index in [4.69, 9.17) is 0 Å². The van der Waals surface area contributed by atoms with Crippen molar-refractivity contribution in [2.24, 2.45) is 0 Å². The second-order valence-electron chi connectivity index (χ2n) is 5.74. The van der Waals surface area contributed by atoms with E-state index in [1.165, 1.54) is 0 Å². The topological polar surface area (TPSA) is 58.2 Å². The molecule has 2 amide bonds. The summed E-state index contributed by atoms with van der Waals surface area (Å²) in [6, 6.07) is 18.9. The second kappa shape index (κ2) is 8.47. The molecule has 0 unspecified atom stereocenters. The fourth-order valence-electron chi connectivity index (χ4n) is 2.53. The van der Waals surface area contributed by atoms with Gasteiger partial charge in [-0.05, 0) is 57.0 Å². The molecule has 0 aliphatic heterocycles. The Morgan fingerprint density at radius 2 is 1.65 bits per heavy atom. The van der Waals surface area contributed by atoms with Crippen LogP contribution in [0, 0.1) is 0 Å². The van der Waals surface area contributed by atoms with E-state index in [2.05, 4.69) is 42.5 Å². The molecule has 0 aliphatic rings. The average Bonchev–Trinajstić information content (AvgIpc) is 2.63. The van der Waals surface area contributed by atoms with Crippen LogP contribution in [0.4, 0.5) is 5.69 Å². The highest BCUT2D eigenvalue weighted by Gasteiger charge is 2.09. The Morgan fingerprint density at radius 3 is 2.42 bits per heavy atom. The van der Waals surface area contributed by atoms with Gasteiger partial charge in [0.15, 0.2) is 0 Å². The molecule has 0 aromatic heterocycles. The first-order valence-corrected chi connectivity index (χ1v) is 9.63. The number of anilines is 1. The maximum absolute atomic E-state index is 12.3. The number of halogens is 2. The first-order valence-electron chi connectivity index (χ1n) is 8.05. The summed E-state index contributed by atoms with van der Waals surface area (Å²) >= 11 is 6.77. The summed E-state index contributed by atoms with van der Waals surface area (Å²) in [5.74, 6) is -0.347. The van der Waals surface area contributed by atoms with Crippen LogP contribution in [0.1, 0.15) is 16.8 Å². The average molecular weight is 476 g/mol. The van der Waals surface area contributed by atoms with Crippen LogP contribution in [0.5, 0.6) is 0 Å². The first kappa shape index (κ1) is 18.6. The third-order valence-electron chi connectivity index (χ3n) is 3.85. The van der Waals surface area contributed by atoms with Gasteiger partial charge >= 0.3 is 0 Å². The van der Waals surface area contributed by atoms with Crippen LogP contribution >= 0.6 is 31.9 Å². The van der Waals surface area contributed by atoms with Crippen molar-refractivity contribution < 1.29 is 9.59 Å². The van der Waals surface area contributed by atoms with Crippen molar-refractivity contribution in [3.8, 4) is 0 Å². The lowest BCUT2D eigenvalue weighted by Crippen LogP contribution is -2.27. The molecule has 3 aromatic carbocycles. The number of nitrogens with one attached hydrogen (secondary N) is 2. The van der Waals surface area contributed by atoms with Gasteiger partial charge in [-0.1, -0.05) is 46.3 Å². The van der Waals surface area contributed by atoms with Crippen LogP contribution in [-0.2, 0) is 4.79 Å². The summed E-state index contributed by atoms with van der Waals surface area (Å²) in [6.07, 6.45) is 0.196. The molecule has 0 radical (unpaired) electrons. The molecule has 0 saturated carbocycles. The van der Waals surface area contributed by atoms with Gasteiger partial charge in [-0.15, -0.1) is 0 Å². The van der Waals surface area contributed by atoms with Gasteiger partial charge < -0.3 is 10.6 Å². The summed E-state index contributed by atoms with van der Waals surface area (Å²) in [5, 5.41) is 7.70. The number of hydrogen-bond donors (Lipinski definition) is 2. The Morgan fingerprint density at radius 1 is 0.885 bits per heavy atom. The van der Waals surface area contributed by atoms with Crippen LogP contribution in [-0.4, -0.2) is 18.4 Å². The van der Waals surface area contributed by atoms with Crippen LogP contribution in [0.2, 0.25) is 0 Å². The molecular weight excluding hydrogens is 460 g/mol. The molecule has 0 aliphatic carbocycles. The quantitative estimate of drug-likeness (QED) is 0.537. The van der Waals surface area contributed by atoms with Gasteiger partial charge in [0, 0.05) is 27.5 Å². The Hall–Kier alpha value is -2.18. The van der Waals surface area contributed by atoms with Gasteiger partial charge in [0.05, 0.1) is 5.69 Å². The maximum Gasteiger partial charge on any atom is 0.251 e. The largest absolute Gasteiger partial charge is 0.352 e. The van der Waals surface area contributed by atoms with Crippen molar-refractivity contribution in [2.45, 2.75) is 6.42 Å². The highest BCUT2D eigenvalue weighted by Crippen LogP contribution is 2.26. The number of amides is 2. The number of carbonyl (C=O) groups is 2. The fourth-order valence-corrected chi connectivity index (χ4v) is 3.67. The number of benzene rings is 3. The fraction of sp³-hybridized carbons (Fsp3) is 0.100. The Labute approximate surface area is 168 Å². The lowest BCUT2D eigenvalue weighted by atomic mass is 10.1. The SMILES string of the molecule is O=C(CCNC(=O)c1ccc2ccccc2c1)Nc1ccc(Br)cc1Br. The molecule has 0 heterocycles. The predicted molar refractivity (Wildman–Crippen MR) is 111 cm³/mol. The van der Waals surface area contributed by atoms with Crippen molar-refractivity contribution in [1.82, 2.24) is 5.32 Å². The van der Waals surface area contributed by atoms with Gasteiger partial charge in [-0.25, -0.2) is 0 Å². The summed E-state index contributed by atoms with van der Waals surface area (Å²) in [7, 11) is 0. The van der Waals surface area contributed by atoms with Gasteiger partial charge in [-0.2, -0.15) is 0 Å². The monoisotopic (exact) mass is 474 g/mol. The van der Waals surface area contributed by atoms with Gasteiger partial charge in [-0.3, -0.25) is 9.59 Å². The van der Waals surface area contributed by atoms with Crippen molar-refractivity contribution in [3.05, 3.63) is 75.2 Å². The number of hydrogen-bond acceptors (Lipinski definition) is 2. The van der Waals surface area contributed by atoms with E-state index >= 15 is 0 Å². The number of fused-ring (bicyclic) bond motifs is 1. The standard InChI is InChI=1S/C20H16Br2N2O2/c21-16-7-8-18(17(22)12-16)24-19(25)9-10-23-20(26)15-6-5-13-3-1-2-4-14(13)11-15/h1-8,11-12H,9-10H2,(H,23,26)(H,24,25). The molecule has 3 aromatic rings. The maximum atomic E-state index is 12.3. The van der Waals surface area contributed by atoms with Gasteiger partial charge in [0.25, 0.3) is 5.91 Å². The van der Waals surface area contributed by atoms with Gasteiger partial charge in [0.2, 0.25) is 5.91 Å². The van der Waals surface area contributed by atoms with Gasteiger partial charge in [0.1, 0.15) is 0 Å². The number of carbonyl (C=O) groups excluding carboxylic acids is 2. The smallest absolute Gasteiger partial charge is 0.251 e. The molecule has 0 fully saturated rings. The molecular formula is C20H16Br2N2O2. The summed E-state index contributed by atoms with van der Waals surface area (Å²) in [4.78, 5) is 24.3. The summed E-state index contributed by atoms with van der Waals surface area (Å²) in [5.41, 5.74) is 1.28. The molecule has 4 nitrogen and oxygen atoms in total. The van der Waals surface area contributed by atoms with Crippen LogP contribution < -0.4 is 10.6 Å². The second-order valence-corrected chi connectivity index (χ2v) is 7.51. The van der Waals surface area contributed by atoms with Crippen LogP contribution in [0.15, 0.2) is 69.6 Å². The van der Waals surface area contributed by atoms with Crippen molar-refractivity contribution in [2.75, 3.05) is 11.9 Å². The molecule has 0 atom stereocenters. The molecule has 3 rings (SSSR count). The Kier molecular flexibility index (Phi) is 6.06. The predicted octanol–water partition coefficient (Wildman–Crippen LogP) is 5.12. The summed E-state index contributed by atoms with van der Waals surface area (Å²) in [6.45, 7) is 0.269. The third kappa shape index (κ3) is 4.71. The normalized spacial score (nSPS) is 10.5. The van der Waals surface area contributed by atoms with E-state index in [1.54, 1.807) is 12.1 Å². The van der Waals surface area contributed by atoms with E-state index in [0.717, 1.165) is 19.7 Å². The molecule has 2 N–H and O–H groups in total. The van der Waals surface area contributed by atoms with E-state index in [-0.39, 0.29) is 24.8 Å². The molecule has 0 bridgehead atoms. The van der Waals surface area contributed by atoms with Crippen molar-refractivity contribution >= 4 is 60.1 Å². The zero-order valence-electron chi connectivity index (χ0n) is 13.8. The molecule has 0 spiro atoms. The van der Waals surface area contributed by atoms with Crippen LogP contribution in [0.3, 0.4) is 0 Å². The molecule has 26 heavy (non-hydrogen) atoms. The lowest BCUT2D eigenvalue weighted by Gasteiger charge is -2.09. The van der Waals surface area contributed by atoms with Crippen LogP contribution in [0.25, 0.3) is 10.8 Å². The lowest BCUT2D eigenvalue weighted by molar-refractivity contribution is -0.116. The number of rotatable bonds is 5. The highest BCUT2D eigenvalue weighted by atomic mass is 79.9.